The Morgan fingerprint density at radius 1 is 1.17 bits per heavy atom. The third-order valence-corrected chi connectivity index (χ3v) is 4.34. The fourth-order valence-corrected chi connectivity index (χ4v) is 2.91. The number of aromatic nitrogens is 1. The summed E-state index contributed by atoms with van der Waals surface area (Å²) < 4.78 is 6.58. The maximum atomic E-state index is 12.8. The van der Waals surface area contributed by atoms with Gasteiger partial charge in [-0.15, -0.1) is 0 Å². The second-order valence-electron chi connectivity index (χ2n) is 6.44. The van der Waals surface area contributed by atoms with E-state index < -0.39 is 16.4 Å². The van der Waals surface area contributed by atoms with E-state index in [0.29, 0.717) is 17.0 Å². The number of amides is 1. The Hall–Kier alpha value is -3.94. The van der Waals surface area contributed by atoms with Crippen LogP contribution in [-0.2, 0) is 6.54 Å². The van der Waals surface area contributed by atoms with E-state index in [0.717, 1.165) is 5.56 Å². The third kappa shape index (κ3) is 4.49. The molecule has 0 radical (unpaired) electrons. The molecular weight excluding hydrogens is 374 g/mol. The van der Waals surface area contributed by atoms with Crippen molar-refractivity contribution in [2.45, 2.75) is 13.5 Å². The van der Waals surface area contributed by atoms with Crippen LogP contribution in [0.3, 0.4) is 0 Å². The lowest BCUT2D eigenvalue weighted by atomic mass is 10.1. The maximum Gasteiger partial charge on any atom is 0.269 e. The summed E-state index contributed by atoms with van der Waals surface area (Å²) in [6.07, 6.45) is 1.53. The van der Waals surface area contributed by atoms with E-state index in [1.807, 2.05) is 13.0 Å². The first-order chi connectivity index (χ1) is 13.9. The van der Waals surface area contributed by atoms with E-state index in [4.69, 9.17) is 4.74 Å². The summed E-state index contributed by atoms with van der Waals surface area (Å²) in [5.74, 6) is -0.0795. The van der Waals surface area contributed by atoms with Gasteiger partial charge in [0, 0.05) is 18.3 Å². The van der Waals surface area contributed by atoms with Gasteiger partial charge in [-0.3, -0.25) is 19.7 Å². The van der Waals surface area contributed by atoms with E-state index in [-0.39, 0.29) is 17.8 Å². The molecule has 1 heterocycles. The van der Waals surface area contributed by atoms with Crippen molar-refractivity contribution in [3.63, 3.8) is 0 Å². The Morgan fingerprint density at radius 3 is 2.69 bits per heavy atom. The molecule has 0 saturated carbocycles. The quantitative estimate of drug-likeness (QED) is 0.511. The molecule has 0 fully saturated rings. The molecule has 8 heteroatoms. The minimum Gasteiger partial charge on any atom is -0.495 e. The summed E-state index contributed by atoms with van der Waals surface area (Å²) in [7, 11) is 1.49. The van der Waals surface area contributed by atoms with Gasteiger partial charge >= 0.3 is 0 Å². The molecule has 0 atom stereocenters. The Labute approximate surface area is 166 Å². The predicted molar refractivity (Wildman–Crippen MR) is 109 cm³/mol. The monoisotopic (exact) mass is 393 g/mol. The number of aryl methyl sites for hydroxylation is 1. The molecule has 0 bridgehead atoms. The number of rotatable bonds is 6. The lowest BCUT2D eigenvalue weighted by molar-refractivity contribution is -0.384. The van der Waals surface area contributed by atoms with Crippen LogP contribution < -0.4 is 15.6 Å². The minimum atomic E-state index is -0.563. The average Bonchev–Trinajstić information content (AvgIpc) is 2.70. The Morgan fingerprint density at radius 2 is 1.97 bits per heavy atom. The van der Waals surface area contributed by atoms with Crippen LogP contribution in [0.2, 0.25) is 0 Å². The highest BCUT2D eigenvalue weighted by molar-refractivity contribution is 6.04. The van der Waals surface area contributed by atoms with Crippen LogP contribution in [0.5, 0.6) is 5.75 Å². The lowest BCUT2D eigenvalue weighted by Crippen LogP contribution is -2.29. The van der Waals surface area contributed by atoms with Gasteiger partial charge in [0.25, 0.3) is 17.2 Å². The molecular formula is C21H19N3O5. The zero-order valence-electron chi connectivity index (χ0n) is 15.9. The topological polar surface area (TPSA) is 103 Å². The van der Waals surface area contributed by atoms with E-state index in [1.165, 1.54) is 36.1 Å². The zero-order chi connectivity index (χ0) is 21.0. The normalized spacial score (nSPS) is 10.4. The number of carbonyl (C=O) groups is 1. The van der Waals surface area contributed by atoms with Gasteiger partial charge < -0.3 is 14.6 Å². The molecule has 29 heavy (non-hydrogen) atoms. The van der Waals surface area contributed by atoms with Crippen molar-refractivity contribution in [2.24, 2.45) is 0 Å². The number of nitro benzene ring substituents is 1. The van der Waals surface area contributed by atoms with Crippen molar-refractivity contribution in [3.05, 3.63) is 98.0 Å². The second-order valence-corrected chi connectivity index (χ2v) is 6.44. The number of ether oxygens (including phenoxy) is 1. The van der Waals surface area contributed by atoms with Crippen LogP contribution in [0.25, 0.3) is 0 Å². The number of nitrogens with zero attached hydrogens (tertiary/aromatic N) is 2. The Balaban J connectivity index is 1.88. The first-order valence-corrected chi connectivity index (χ1v) is 8.78. The van der Waals surface area contributed by atoms with Crippen molar-refractivity contribution in [2.75, 3.05) is 12.4 Å². The van der Waals surface area contributed by atoms with E-state index in [2.05, 4.69) is 5.32 Å². The van der Waals surface area contributed by atoms with Crippen molar-refractivity contribution < 1.29 is 14.5 Å². The number of anilines is 1. The molecule has 1 amide bonds. The predicted octanol–water partition coefficient (Wildman–Crippen LogP) is 3.37. The molecule has 0 unspecified atom stereocenters. The van der Waals surface area contributed by atoms with Gasteiger partial charge in [0.05, 0.1) is 24.3 Å². The molecule has 1 aromatic heterocycles. The van der Waals surface area contributed by atoms with Gasteiger partial charge in [-0.2, -0.15) is 0 Å². The fraction of sp³-hybridized carbons (Fsp3) is 0.143. The number of methoxy groups -OCH3 is 1. The standard InChI is InChI=1S/C21H19N3O5/c1-14-8-9-19(29-2)18(11-14)22-20(25)17-7-4-10-23(21(17)26)13-15-5-3-6-16(12-15)24(27)28/h3-12H,13H2,1-2H3,(H,22,25). The highest BCUT2D eigenvalue weighted by Crippen LogP contribution is 2.25. The number of hydrogen-bond acceptors (Lipinski definition) is 5. The highest BCUT2D eigenvalue weighted by Gasteiger charge is 2.15. The molecule has 3 aromatic rings. The molecule has 0 spiro atoms. The summed E-state index contributed by atoms with van der Waals surface area (Å²) in [6, 6.07) is 14.4. The Kier molecular flexibility index (Phi) is 5.73. The van der Waals surface area contributed by atoms with Gasteiger partial charge in [0.1, 0.15) is 11.3 Å². The molecule has 0 saturated heterocycles. The van der Waals surface area contributed by atoms with Crippen molar-refractivity contribution in [1.29, 1.82) is 0 Å². The molecule has 148 valence electrons. The minimum absolute atomic E-state index is 0.0403. The Bertz CT molecular complexity index is 1140. The third-order valence-electron chi connectivity index (χ3n) is 4.34. The lowest BCUT2D eigenvalue weighted by Gasteiger charge is -2.12. The summed E-state index contributed by atoms with van der Waals surface area (Å²) in [5, 5.41) is 13.6. The summed E-state index contributed by atoms with van der Waals surface area (Å²) >= 11 is 0. The van der Waals surface area contributed by atoms with Crippen LogP contribution in [0, 0.1) is 17.0 Å². The van der Waals surface area contributed by atoms with Crippen molar-refractivity contribution in [3.8, 4) is 5.75 Å². The first kappa shape index (κ1) is 19.8. The van der Waals surface area contributed by atoms with Crippen LogP contribution in [0.15, 0.2) is 65.6 Å². The smallest absolute Gasteiger partial charge is 0.269 e. The summed E-state index contributed by atoms with van der Waals surface area (Å²) in [6.45, 7) is 1.99. The van der Waals surface area contributed by atoms with E-state index in [1.54, 1.807) is 30.3 Å². The molecule has 1 N–H and O–H groups in total. The van der Waals surface area contributed by atoms with Crippen LogP contribution in [0.4, 0.5) is 11.4 Å². The van der Waals surface area contributed by atoms with E-state index >= 15 is 0 Å². The van der Waals surface area contributed by atoms with Gasteiger partial charge in [-0.1, -0.05) is 18.2 Å². The number of benzene rings is 2. The molecule has 0 aliphatic carbocycles. The molecule has 0 aliphatic rings. The van der Waals surface area contributed by atoms with Gasteiger partial charge in [0.2, 0.25) is 0 Å². The van der Waals surface area contributed by atoms with Crippen LogP contribution in [0.1, 0.15) is 21.5 Å². The number of carbonyl (C=O) groups excluding carboxylic acids is 1. The maximum absolute atomic E-state index is 12.8. The molecule has 8 nitrogen and oxygen atoms in total. The second kappa shape index (κ2) is 8.39. The summed E-state index contributed by atoms with van der Waals surface area (Å²) in [5.41, 5.74) is 1.38. The van der Waals surface area contributed by atoms with Gasteiger partial charge in [-0.25, -0.2) is 0 Å². The number of hydrogen-bond donors (Lipinski definition) is 1. The number of nitrogens with one attached hydrogen (secondary N) is 1. The largest absolute Gasteiger partial charge is 0.495 e. The summed E-state index contributed by atoms with van der Waals surface area (Å²) in [4.78, 5) is 35.9. The average molecular weight is 393 g/mol. The first-order valence-electron chi connectivity index (χ1n) is 8.78. The van der Waals surface area contributed by atoms with E-state index in [9.17, 15) is 19.7 Å². The van der Waals surface area contributed by atoms with Crippen molar-refractivity contribution >= 4 is 17.3 Å². The molecule has 3 rings (SSSR count). The van der Waals surface area contributed by atoms with Crippen LogP contribution >= 0.6 is 0 Å². The molecule has 0 aliphatic heterocycles. The van der Waals surface area contributed by atoms with Crippen molar-refractivity contribution in [1.82, 2.24) is 4.57 Å². The molecule has 2 aromatic carbocycles. The van der Waals surface area contributed by atoms with Gasteiger partial charge in [0.15, 0.2) is 0 Å². The fourth-order valence-electron chi connectivity index (χ4n) is 2.91. The number of nitro groups is 1. The number of non-ortho nitro benzene ring substituents is 1. The van der Waals surface area contributed by atoms with Crippen LogP contribution in [-0.4, -0.2) is 22.5 Å². The SMILES string of the molecule is COc1ccc(C)cc1NC(=O)c1cccn(Cc2cccc([N+](=O)[O-])c2)c1=O. The van der Waals surface area contributed by atoms with Gasteiger partial charge in [-0.05, 0) is 42.3 Å². The zero-order valence-corrected chi connectivity index (χ0v) is 15.9. The highest BCUT2D eigenvalue weighted by atomic mass is 16.6. The number of pyridine rings is 1.